The van der Waals surface area contributed by atoms with E-state index in [-0.39, 0.29) is 49.1 Å². The summed E-state index contributed by atoms with van der Waals surface area (Å²) in [4.78, 5) is 4.76. The van der Waals surface area contributed by atoms with Crippen LogP contribution >= 0.6 is 0 Å². The predicted molar refractivity (Wildman–Crippen MR) is 164 cm³/mol. The molecule has 1 aromatic heterocycles. The fourth-order valence-electron chi connectivity index (χ4n) is 7.91. The molecule has 1 radical (unpaired) electrons. The van der Waals surface area contributed by atoms with Gasteiger partial charge < -0.3 is 10.2 Å². The van der Waals surface area contributed by atoms with Gasteiger partial charge in [0.05, 0.1) is 17.7 Å². The van der Waals surface area contributed by atoms with E-state index in [4.69, 9.17) is 4.98 Å². The van der Waals surface area contributed by atoms with E-state index in [9.17, 15) is 10.2 Å². The maximum absolute atomic E-state index is 11.1. The second-order valence-electron chi connectivity index (χ2n) is 12.6. The third-order valence-corrected chi connectivity index (χ3v) is 10.6. The molecule has 0 spiro atoms. The summed E-state index contributed by atoms with van der Waals surface area (Å²) in [6.07, 6.45) is 8.17. The molecule has 2 fully saturated rings. The Hall–Kier alpha value is -1.58. The van der Waals surface area contributed by atoms with Gasteiger partial charge in [0.25, 0.3) is 0 Å². The van der Waals surface area contributed by atoms with Gasteiger partial charge in [0.15, 0.2) is 0 Å². The van der Waals surface area contributed by atoms with Gasteiger partial charge in [-0.25, -0.2) is 0 Å². The summed E-state index contributed by atoms with van der Waals surface area (Å²) in [5.74, 6) is 0.636. The van der Waals surface area contributed by atoms with Crippen molar-refractivity contribution in [3.63, 3.8) is 0 Å². The molecule has 0 bridgehead atoms. The molecule has 221 valence electrons. The van der Waals surface area contributed by atoms with E-state index < -0.39 is 0 Å². The van der Waals surface area contributed by atoms with Crippen molar-refractivity contribution < 1.29 is 30.3 Å². The van der Waals surface area contributed by atoms with Crippen molar-refractivity contribution in [2.24, 2.45) is 22.7 Å². The zero-order chi connectivity index (χ0) is 28.4. The van der Waals surface area contributed by atoms with Gasteiger partial charge in [-0.3, -0.25) is 4.98 Å². The first-order chi connectivity index (χ1) is 18.6. The number of benzene rings is 2. The number of hydrogen-bond donors (Lipinski definition) is 2. The fraction of sp³-hybridized carbons (Fsp3) is 0.583. The number of fused-ring (bicyclic) bond motifs is 2. The molecule has 5 rings (SSSR count). The molecule has 0 saturated heterocycles. The van der Waals surface area contributed by atoms with E-state index >= 15 is 0 Å². The van der Waals surface area contributed by atoms with Crippen LogP contribution < -0.4 is 0 Å². The third kappa shape index (κ3) is 6.26. The Morgan fingerprint density at radius 1 is 0.875 bits per heavy atom. The summed E-state index contributed by atoms with van der Waals surface area (Å²) < 4.78 is 0. The van der Waals surface area contributed by atoms with Gasteiger partial charge in [-0.1, -0.05) is 72.2 Å². The molecule has 0 amide bonds. The van der Waals surface area contributed by atoms with Crippen molar-refractivity contribution in [2.45, 2.75) is 112 Å². The van der Waals surface area contributed by atoms with Crippen molar-refractivity contribution in [3.8, 4) is 11.3 Å². The van der Waals surface area contributed by atoms with Gasteiger partial charge in [-0.2, -0.15) is 0 Å². The summed E-state index contributed by atoms with van der Waals surface area (Å²) in [6.45, 7) is 15.1. The predicted octanol–water partition coefficient (Wildman–Crippen LogP) is 8.77. The Bertz CT molecular complexity index is 1240. The maximum atomic E-state index is 11.1. The number of aliphatic hydroxyl groups is 2. The van der Waals surface area contributed by atoms with Gasteiger partial charge in [0.1, 0.15) is 0 Å². The minimum absolute atomic E-state index is 0. The molecule has 1 heterocycles. The van der Waals surface area contributed by atoms with E-state index in [2.05, 4.69) is 97.0 Å². The number of hydrogen-bond acceptors (Lipinski definition) is 3. The van der Waals surface area contributed by atoms with E-state index in [1.807, 2.05) is 0 Å². The second kappa shape index (κ2) is 13.6. The molecule has 4 atom stereocenters. The van der Waals surface area contributed by atoms with Crippen molar-refractivity contribution in [2.75, 3.05) is 0 Å². The topological polar surface area (TPSA) is 53.4 Å². The SMILES string of the molecule is CCC1(CC)CCCC2CC(CC)(CC)C(O)C2C1O.Cc1[c-]c(-c2ccc3c(C)cccc3n2)cc(C)c1.[Ir]. The average Bonchev–Trinajstić information content (AvgIpc) is 3.13. The van der Waals surface area contributed by atoms with Crippen LogP contribution in [0.2, 0.25) is 0 Å². The van der Waals surface area contributed by atoms with Crippen LogP contribution in [0.25, 0.3) is 22.2 Å². The average molecular weight is 721 g/mol. The number of aliphatic hydroxyl groups excluding tert-OH is 2. The Labute approximate surface area is 256 Å². The fourth-order valence-corrected chi connectivity index (χ4v) is 7.91. The first-order valence-electron chi connectivity index (χ1n) is 15.4. The van der Waals surface area contributed by atoms with E-state index in [0.717, 1.165) is 60.9 Å². The molecule has 40 heavy (non-hydrogen) atoms. The van der Waals surface area contributed by atoms with E-state index in [1.54, 1.807) is 0 Å². The largest absolute Gasteiger partial charge is 0.392 e. The second-order valence-corrected chi connectivity index (χ2v) is 12.6. The molecule has 2 saturated carbocycles. The van der Waals surface area contributed by atoms with Crippen LogP contribution in [0.1, 0.15) is 95.8 Å². The molecule has 2 aliphatic carbocycles. The Morgan fingerprint density at radius 2 is 1.52 bits per heavy atom. The Balaban J connectivity index is 0.000000215. The monoisotopic (exact) mass is 721 g/mol. The smallest absolute Gasteiger partial charge is 0.0651 e. The van der Waals surface area contributed by atoms with Crippen LogP contribution in [0.5, 0.6) is 0 Å². The quantitative estimate of drug-likeness (QED) is 0.259. The van der Waals surface area contributed by atoms with Crippen molar-refractivity contribution >= 4 is 10.9 Å². The van der Waals surface area contributed by atoms with Crippen molar-refractivity contribution in [1.82, 2.24) is 4.98 Å². The molecule has 3 nitrogen and oxygen atoms in total. The van der Waals surface area contributed by atoms with Crippen LogP contribution in [0.4, 0.5) is 0 Å². The number of aryl methyl sites for hydroxylation is 3. The Morgan fingerprint density at radius 3 is 2.15 bits per heavy atom. The molecular formula is C36H50IrNO2-. The molecule has 3 aromatic rings. The van der Waals surface area contributed by atoms with Gasteiger partial charge in [0.2, 0.25) is 0 Å². The summed E-state index contributed by atoms with van der Waals surface area (Å²) in [6, 6.07) is 18.1. The van der Waals surface area contributed by atoms with Gasteiger partial charge in [-0.05, 0) is 85.9 Å². The summed E-state index contributed by atoms with van der Waals surface area (Å²) in [7, 11) is 0. The number of rotatable bonds is 5. The van der Waals surface area contributed by atoms with Crippen LogP contribution in [0, 0.1) is 49.5 Å². The normalized spacial score (nSPS) is 24.8. The maximum Gasteiger partial charge on any atom is 0.0651 e. The standard InChI is InChI=1S/C18H16N.C18H34O2.Ir/c1-12-9-13(2)11-15(10-12)17-8-7-16-14(3)5-4-6-18(16)19-17;1-5-17(6-2)11-9-10-13-12-18(7-3,8-4)16(20)14(13)15(17)19;/h4-10H,1-3H3;13-16,19-20H,5-12H2,1-4H3;/q-1;;. The third-order valence-electron chi connectivity index (χ3n) is 10.6. The first-order valence-corrected chi connectivity index (χ1v) is 15.4. The van der Waals surface area contributed by atoms with Crippen LogP contribution in [0.3, 0.4) is 0 Å². The van der Waals surface area contributed by atoms with Gasteiger partial charge in [0, 0.05) is 31.4 Å². The summed E-state index contributed by atoms with van der Waals surface area (Å²) in [5.41, 5.74) is 6.87. The van der Waals surface area contributed by atoms with Crippen LogP contribution in [0.15, 0.2) is 42.5 Å². The zero-order valence-corrected chi connectivity index (χ0v) is 28.1. The molecule has 4 unspecified atom stereocenters. The first kappa shape index (κ1) is 32.9. The molecule has 4 heteroatoms. The van der Waals surface area contributed by atoms with Gasteiger partial charge in [-0.15, -0.1) is 34.9 Å². The van der Waals surface area contributed by atoms with Crippen LogP contribution in [-0.2, 0) is 20.1 Å². The van der Waals surface area contributed by atoms with Gasteiger partial charge >= 0.3 is 0 Å². The Kier molecular flexibility index (Phi) is 11.2. The van der Waals surface area contributed by atoms with Crippen LogP contribution in [-0.4, -0.2) is 27.4 Å². The zero-order valence-electron chi connectivity index (χ0n) is 25.7. The molecule has 2 N–H and O–H groups in total. The minimum Gasteiger partial charge on any atom is -0.392 e. The molecule has 2 aromatic carbocycles. The van der Waals surface area contributed by atoms with Crippen molar-refractivity contribution in [3.05, 3.63) is 65.2 Å². The van der Waals surface area contributed by atoms with E-state index in [1.165, 1.54) is 29.4 Å². The number of aromatic nitrogens is 1. The minimum atomic E-state index is -0.319. The summed E-state index contributed by atoms with van der Waals surface area (Å²) >= 11 is 0. The number of pyridine rings is 1. The molecule has 2 aliphatic rings. The van der Waals surface area contributed by atoms with E-state index in [0.29, 0.717) is 5.92 Å². The molecular weight excluding hydrogens is 671 g/mol. The number of nitrogens with zero attached hydrogens (tertiary/aromatic N) is 1. The van der Waals surface area contributed by atoms with Crippen molar-refractivity contribution in [1.29, 1.82) is 0 Å². The molecule has 0 aliphatic heterocycles. The summed E-state index contributed by atoms with van der Waals surface area (Å²) in [5, 5.41) is 23.3.